The van der Waals surface area contributed by atoms with Gasteiger partial charge >= 0.3 is 0 Å². The predicted molar refractivity (Wildman–Crippen MR) is 126 cm³/mol. The largest absolute Gasteiger partial charge is 0.352 e. The van der Waals surface area contributed by atoms with Gasteiger partial charge in [-0.05, 0) is 48.9 Å². The number of carbonyl (C=O) groups excluding carboxylic acids is 2. The Bertz CT molecular complexity index is 892. The molecule has 0 radical (unpaired) electrons. The summed E-state index contributed by atoms with van der Waals surface area (Å²) >= 11 is 6.31. The van der Waals surface area contributed by atoms with E-state index in [1.54, 1.807) is 11.0 Å². The van der Waals surface area contributed by atoms with Crippen molar-refractivity contribution in [1.82, 2.24) is 10.2 Å². The summed E-state index contributed by atoms with van der Waals surface area (Å²) in [6.45, 7) is 4.42. The summed E-state index contributed by atoms with van der Waals surface area (Å²) in [5.74, 6) is -0.127. The Morgan fingerprint density at radius 3 is 2.32 bits per heavy atom. The van der Waals surface area contributed by atoms with Crippen LogP contribution in [0.2, 0.25) is 5.02 Å². The number of nitrogens with zero attached hydrogens (tertiary/aromatic N) is 1. The molecule has 0 saturated heterocycles. The van der Waals surface area contributed by atoms with E-state index in [4.69, 9.17) is 11.6 Å². The number of carbonyl (C=O) groups is 2. The maximum Gasteiger partial charge on any atom is 0.243 e. The molecule has 1 N–H and O–H groups in total. The first-order valence-corrected chi connectivity index (χ1v) is 11.7. The minimum absolute atomic E-state index is 0.0458. The van der Waals surface area contributed by atoms with Gasteiger partial charge in [-0.15, -0.1) is 0 Å². The minimum atomic E-state index is -0.503. The third-order valence-electron chi connectivity index (χ3n) is 6.24. The van der Waals surface area contributed by atoms with Crippen molar-refractivity contribution in [2.75, 3.05) is 0 Å². The summed E-state index contributed by atoms with van der Waals surface area (Å²) in [4.78, 5) is 28.5. The highest BCUT2D eigenvalue weighted by Gasteiger charge is 2.30. The Morgan fingerprint density at radius 2 is 1.68 bits per heavy atom. The highest BCUT2D eigenvalue weighted by Crippen LogP contribution is 2.22. The van der Waals surface area contributed by atoms with Crippen molar-refractivity contribution >= 4 is 23.4 Å². The van der Waals surface area contributed by atoms with Crippen LogP contribution < -0.4 is 5.32 Å². The number of hydrogen-bond donors (Lipinski definition) is 1. The summed E-state index contributed by atoms with van der Waals surface area (Å²) in [7, 11) is 0. The molecule has 31 heavy (non-hydrogen) atoms. The quantitative estimate of drug-likeness (QED) is 0.593. The summed E-state index contributed by atoms with van der Waals surface area (Å²) in [5.41, 5.74) is 2.95. The van der Waals surface area contributed by atoms with Gasteiger partial charge in [-0.2, -0.15) is 0 Å². The molecule has 0 heterocycles. The molecule has 4 nitrogen and oxygen atoms in total. The van der Waals surface area contributed by atoms with Crippen LogP contribution in [0.15, 0.2) is 48.5 Å². The lowest BCUT2D eigenvalue weighted by Crippen LogP contribution is -2.52. The van der Waals surface area contributed by atoms with Crippen LogP contribution in [0.25, 0.3) is 0 Å². The van der Waals surface area contributed by atoms with Gasteiger partial charge in [0, 0.05) is 17.6 Å². The fraction of sp³-hybridized carbons (Fsp3) is 0.462. The molecule has 166 valence electrons. The lowest BCUT2D eigenvalue weighted by molar-refractivity contribution is -0.141. The van der Waals surface area contributed by atoms with Gasteiger partial charge in [0.1, 0.15) is 6.04 Å². The smallest absolute Gasteiger partial charge is 0.243 e. The first kappa shape index (κ1) is 23.3. The Labute approximate surface area is 191 Å². The van der Waals surface area contributed by atoms with Crippen LogP contribution in [0.1, 0.15) is 62.1 Å². The van der Waals surface area contributed by atoms with Crippen LogP contribution in [0.3, 0.4) is 0 Å². The molecule has 1 saturated carbocycles. The lowest BCUT2D eigenvalue weighted by atomic mass is 9.95. The molecule has 0 spiro atoms. The van der Waals surface area contributed by atoms with Gasteiger partial charge in [0.15, 0.2) is 0 Å². The van der Waals surface area contributed by atoms with Crippen LogP contribution in [0, 0.1) is 6.92 Å². The molecule has 3 rings (SSSR count). The number of nitrogens with one attached hydrogen (secondary N) is 1. The molecule has 1 aliphatic rings. The third-order valence-corrected chi connectivity index (χ3v) is 6.61. The van der Waals surface area contributed by atoms with Gasteiger partial charge in [0.2, 0.25) is 11.8 Å². The second kappa shape index (κ2) is 11.3. The van der Waals surface area contributed by atoms with Gasteiger partial charge in [-0.25, -0.2) is 0 Å². The zero-order valence-electron chi connectivity index (χ0n) is 18.6. The minimum Gasteiger partial charge on any atom is -0.352 e. The van der Waals surface area contributed by atoms with Crippen LogP contribution in [-0.4, -0.2) is 28.8 Å². The van der Waals surface area contributed by atoms with Crippen molar-refractivity contribution < 1.29 is 9.59 Å². The number of rotatable bonds is 8. The monoisotopic (exact) mass is 440 g/mol. The molecule has 1 atom stereocenters. The average molecular weight is 441 g/mol. The number of amides is 2. The zero-order chi connectivity index (χ0) is 22.2. The maximum atomic E-state index is 13.5. The Hall–Kier alpha value is -2.33. The van der Waals surface area contributed by atoms with Crippen LogP contribution in [-0.2, 0) is 22.6 Å². The second-order valence-corrected chi connectivity index (χ2v) is 8.89. The first-order valence-electron chi connectivity index (χ1n) is 11.4. The summed E-state index contributed by atoms with van der Waals surface area (Å²) in [6.07, 6.45) is 6.33. The van der Waals surface area contributed by atoms with E-state index >= 15 is 0 Å². The summed E-state index contributed by atoms with van der Waals surface area (Å²) in [6, 6.07) is 15.1. The Morgan fingerprint density at radius 1 is 1.03 bits per heavy atom. The average Bonchev–Trinajstić information content (AvgIpc) is 2.77. The van der Waals surface area contributed by atoms with E-state index < -0.39 is 6.04 Å². The number of aryl methyl sites for hydroxylation is 1. The zero-order valence-corrected chi connectivity index (χ0v) is 19.3. The molecule has 2 aromatic rings. The molecule has 2 amide bonds. The molecule has 1 fully saturated rings. The van der Waals surface area contributed by atoms with E-state index in [9.17, 15) is 9.59 Å². The molecule has 0 aromatic heterocycles. The van der Waals surface area contributed by atoms with E-state index in [1.165, 1.54) is 6.42 Å². The molecule has 2 aromatic carbocycles. The highest BCUT2D eigenvalue weighted by molar-refractivity contribution is 6.31. The predicted octanol–water partition coefficient (Wildman–Crippen LogP) is 5.45. The lowest BCUT2D eigenvalue weighted by Gasteiger charge is -2.33. The fourth-order valence-electron chi connectivity index (χ4n) is 4.34. The Balaban J connectivity index is 1.83. The summed E-state index contributed by atoms with van der Waals surface area (Å²) in [5, 5.41) is 3.80. The van der Waals surface area contributed by atoms with Crippen LogP contribution >= 0.6 is 11.6 Å². The van der Waals surface area contributed by atoms with Gasteiger partial charge in [-0.3, -0.25) is 9.59 Å². The number of benzene rings is 2. The van der Waals surface area contributed by atoms with Crippen molar-refractivity contribution in [3.63, 3.8) is 0 Å². The maximum absolute atomic E-state index is 13.5. The molecule has 0 bridgehead atoms. The van der Waals surface area contributed by atoms with E-state index in [0.29, 0.717) is 18.0 Å². The normalized spacial score (nSPS) is 15.3. The molecule has 0 aliphatic heterocycles. The third kappa shape index (κ3) is 6.33. The molecule has 5 heteroatoms. The van der Waals surface area contributed by atoms with Crippen molar-refractivity contribution in [2.45, 2.75) is 77.4 Å². The molecule has 1 aliphatic carbocycles. The topological polar surface area (TPSA) is 49.4 Å². The van der Waals surface area contributed by atoms with Crippen molar-refractivity contribution in [3.8, 4) is 0 Å². The van der Waals surface area contributed by atoms with Crippen LogP contribution in [0.4, 0.5) is 0 Å². The van der Waals surface area contributed by atoms with E-state index in [-0.39, 0.29) is 24.3 Å². The molecular formula is C26H33ClN2O2. The second-order valence-electron chi connectivity index (χ2n) is 8.48. The van der Waals surface area contributed by atoms with Gasteiger partial charge < -0.3 is 10.2 Å². The van der Waals surface area contributed by atoms with E-state index in [0.717, 1.165) is 42.4 Å². The van der Waals surface area contributed by atoms with Crippen molar-refractivity contribution in [2.24, 2.45) is 0 Å². The van der Waals surface area contributed by atoms with E-state index in [1.807, 2.05) is 56.3 Å². The van der Waals surface area contributed by atoms with Crippen molar-refractivity contribution in [1.29, 1.82) is 0 Å². The Kier molecular flexibility index (Phi) is 8.53. The SMILES string of the molecule is CC[C@@H](C(=O)NC1CCCCC1)N(Cc1ccccc1C)C(=O)Cc1ccccc1Cl. The van der Waals surface area contributed by atoms with Crippen LogP contribution in [0.5, 0.6) is 0 Å². The highest BCUT2D eigenvalue weighted by atomic mass is 35.5. The molecule has 0 unspecified atom stereocenters. The summed E-state index contributed by atoms with van der Waals surface area (Å²) < 4.78 is 0. The first-order chi connectivity index (χ1) is 15.0. The van der Waals surface area contributed by atoms with Crippen molar-refractivity contribution in [3.05, 3.63) is 70.2 Å². The van der Waals surface area contributed by atoms with Gasteiger partial charge in [0.25, 0.3) is 0 Å². The van der Waals surface area contributed by atoms with Gasteiger partial charge in [0.05, 0.1) is 6.42 Å². The number of hydrogen-bond acceptors (Lipinski definition) is 2. The fourth-order valence-corrected chi connectivity index (χ4v) is 4.54. The number of halogens is 1. The van der Waals surface area contributed by atoms with Gasteiger partial charge in [-0.1, -0.05) is 80.3 Å². The van der Waals surface area contributed by atoms with E-state index in [2.05, 4.69) is 5.32 Å². The molecular weight excluding hydrogens is 408 g/mol. The standard InChI is InChI=1S/C26H33ClN2O2/c1-3-24(26(31)28-22-14-5-4-6-15-22)29(18-21-13-8-7-11-19(21)2)25(30)17-20-12-9-10-16-23(20)27/h7-13,16,22,24H,3-6,14-15,17-18H2,1-2H3,(H,28,31)/t24-/m0/s1.